The number of nitrogens with zero attached hydrogens (tertiary/aromatic N) is 1. The summed E-state index contributed by atoms with van der Waals surface area (Å²) in [7, 11) is 0. The van der Waals surface area contributed by atoms with Gasteiger partial charge in [-0.25, -0.2) is 0 Å². The second kappa shape index (κ2) is 2.09. The van der Waals surface area contributed by atoms with E-state index in [2.05, 4.69) is 13.0 Å². The molecule has 2 saturated carbocycles. The maximum absolute atomic E-state index is 10.4. The molecular weight excluding hydrogens is 162 g/mol. The molecule has 0 heterocycles. The highest BCUT2D eigenvalue weighted by Gasteiger charge is 2.69. The Balaban J connectivity index is 2.53. The van der Waals surface area contributed by atoms with Crippen molar-refractivity contribution in [2.24, 2.45) is 16.7 Å². The first-order valence-corrected chi connectivity index (χ1v) is 5.01. The molecule has 0 aliphatic heterocycles. The fourth-order valence-electron chi connectivity index (χ4n) is 3.54. The quantitative estimate of drug-likeness (QED) is 0.579. The summed E-state index contributed by atoms with van der Waals surface area (Å²) in [5.41, 5.74) is -1.49. The molecule has 0 amide bonds. The Kier molecular flexibility index (Phi) is 1.45. The lowest BCUT2D eigenvalue weighted by molar-refractivity contribution is -0.0969. The van der Waals surface area contributed by atoms with E-state index in [4.69, 9.17) is 5.26 Å². The largest absolute Gasteiger partial charge is 0.374 e. The van der Waals surface area contributed by atoms with Gasteiger partial charge in [-0.3, -0.25) is 0 Å². The normalized spacial score (nSPS) is 52.1. The summed E-state index contributed by atoms with van der Waals surface area (Å²) in [5, 5.41) is 19.6. The van der Waals surface area contributed by atoms with Gasteiger partial charge in [-0.05, 0) is 25.2 Å². The molecule has 2 heteroatoms. The topological polar surface area (TPSA) is 44.0 Å². The van der Waals surface area contributed by atoms with Crippen molar-refractivity contribution in [2.45, 2.75) is 45.6 Å². The molecule has 0 radical (unpaired) electrons. The molecule has 0 spiro atoms. The molecule has 0 aromatic carbocycles. The molecule has 0 aromatic rings. The Morgan fingerprint density at radius 1 is 1.38 bits per heavy atom. The first-order chi connectivity index (χ1) is 5.87. The van der Waals surface area contributed by atoms with E-state index in [0.29, 0.717) is 5.92 Å². The van der Waals surface area contributed by atoms with Gasteiger partial charge in [0.2, 0.25) is 0 Å². The molecule has 0 aromatic heterocycles. The van der Waals surface area contributed by atoms with Gasteiger partial charge in [0, 0.05) is 10.8 Å². The number of rotatable bonds is 0. The summed E-state index contributed by atoms with van der Waals surface area (Å²) in [6, 6.07) is 2.16. The van der Waals surface area contributed by atoms with Crippen LogP contribution in [0.25, 0.3) is 0 Å². The van der Waals surface area contributed by atoms with E-state index in [9.17, 15) is 5.11 Å². The molecule has 2 nitrogen and oxygen atoms in total. The molecule has 1 N–H and O–H groups in total. The minimum absolute atomic E-state index is 0.157. The van der Waals surface area contributed by atoms with E-state index in [1.165, 1.54) is 6.42 Å². The number of hydrogen-bond donors (Lipinski definition) is 1. The van der Waals surface area contributed by atoms with Gasteiger partial charge in [0.05, 0.1) is 6.07 Å². The van der Waals surface area contributed by atoms with Crippen molar-refractivity contribution in [2.75, 3.05) is 0 Å². The smallest absolute Gasteiger partial charge is 0.161 e. The maximum atomic E-state index is 10.4. The van der Waals surface area contributed by atoms with E-state index in [-0.39, 0.29) is 10.8 Å². The lowest BCUT2D eigenvalue weighted by Gasteiger charge is -2.45. The fraction of sp³-hybridized carbons (Fsp3) is 0.909. The zero-order valence-electron chi connectivity index (χ0n) is 8.59. The predicted molar refractivity (Wildman–Crippen MR) is 49.8 cm³/mol. The van der Waals surface area contributed by atoms with Gasteiger partial charge in [0.1, 0.15) is 0 Å². The van der Waals surface area contributed by atoms with Crippen LogP contribution in [0.4, 0.5) is 0 Å². The van der Waals surface area contributed by atoms with Crippen LogP contribution in [0.5, 0.6) is 0 Å². The molecule has 3 unspecified atom stereocenters. The maximum Gasteiger partial charge on any atom is 0.161 e. The highest BCUT2D eigenvalue weighted by atomic mass is 16.3. The Bertz CT molecular complexity index is 284. The Morgan fingerprint density at radius 3 is 2.31 bits per heavy atom. The summed E-state index contributed by atoms with van der Waals surface area (Å²) >= 11 is 0. The van der Waals surface area contributed by atoms with Gasteiger partial charge in [0.25, 0.3) is 0 Å². The lowest BCUT2D eigenvalue weighted by Crippen LogP contribution is -2.52. The van der Waals surface area contributed by atoms with Crippen LogP contribution in [-0.4, -0.2) is 10.7 Å². The molecule has 2 aliphatic rings. The van der Waals surface area contributed by atoms with E-state index in [1.807, 2.05) is 13.8 Å². The van der Waals surface area contributed by atoms with E-state index >= 15 is 0 Å². The Hall–Kier alpha value is -0.550. The second-order valence-electron chi connectivity index (χ2n) is 5.54. The SMILES string of the molecule is CC12CCC(C1)C(C)(C)C2(O)C#N. The third-order valence-electron chi connectivity index (χ3n) is 4.73. The molecule has 13 heavy (non-hydrogen) atoms. The van der Waals surface area contributed by atoms with Gasteiger partial charge in [-0.15, -0.1) is 0 Å². The van der Waals surface area contributed by atoms with Crippen LogP contribution in [0, 0.1) is 28.1 Å². The predicted octanol–water partition coefficient (Wildman–Crippen LogP) is 2.09. The summed E-state index contributed by atoms with van der Waals surface area (Å²) in [6.45, 7) is 6.13. The molecule has 2 bridgehead atoms. The number of fused-ring (bicyclic) bond motifs is 2. The second-order valence-corrected chi connectivity index (χ2v) is 5.54. The Labute approximate surface area is 79.6 Å². The zero-order valence-corrected chi connectivity index (χ0v) is 8.59. The van der Waals surface area contributed by atoms with Crippen LogP contribution in [0.15, 0.2) is 0 Å². The zero-order chi connectivity index (χ0) is 9.91. The lowest BCUT2D eigenvalue weighted by atomic mass is 9.61. The highest BCUT2D eigenvalue weighted by molar-refractivity contribution is 5.26. The van der Waals surface area contributed by atoms with Crippen molar-refractivity contribution in [1.82, 2.24) is 0 Å². The first kappa shape index (κ1) is 9.02. The number of hydrogen-bond acceptors (Lipinski definition) is 2. The average molecular weight is 179 g/mol. The van der Waals surface area contributed by atoms with Gasteiger partial charge in [0.15, 0.2) is 5.60 Å². The molecule has 0 saturated heterocycles. The summed E-state index contributed by atoms with van der Waals surface area (Å²) in [5.74, 6) is 0.530. The monoisotopic (exact) mass is 179 g/mol. The number of aliphatic hydroxyl groups is 1. The summed E-state index contributed by atoms with van der Waals surface area (Å²) < 4.78 is 0. The van der Waals surface area contributed by atoms with Gasteiger partial charge in [-0.1, -0.05) is 20.8 Å². The summed E-state index contributed by atoms with van der Waals surface area (Å²) in [6.07, 6.45) is 3.20. The van der Waals surface area contributed by atoms with Crippen LogP contribution in [0.1, 0.15) is 40.0 Å². The van der Waals surface area contributed by atoms with Gasteiger partial charge in [-0.2, -0.15) is 5.26 Å². The fourth-order valence-corrected chi connectivity index (χ4v) is 3.54. The number of nitriles is 1. The van der Waals surface area contributed by atoms with Crippen LogP contribution >= 0.6 is 0 Å². The van der Waals surface area contributed by atoms with Crippen LogP contribution in [0.2, 0.25) is 0 Å². The highest BCUT2D eigenvalue weighted by Crippen LogP contribution is 2.67. The van der Waals surface area contributed by atoms with Gasteiger partial charge < -0.3 is 5.11 Å². The molecule has 2 aliphatic carbocycles. The molecule has 2 rings (SSSR count). The third kappa shape index (κ3) is 0.729. The van der Waals surface area contributed by atoms with Gasteiger partial charge >= 0.3 is 0 Å². The molecular formula is C11H17NO. The van der Waals surface area contributed by atoms with Crippen molar-refractivity contribution in [3.8, 4) is 6.07 Å². The standard InChI is InChI=1S/C11H17NO/c1-9(2)8-4-5-10(3,6-8)11(9,13)7-12/h8,13H,4-6H2,1-3H3. The van der Waals surface area contributed by atoms with Crippen molar-refractivity contribution in [3.63, 3.8) is 0 Å². The molecule has 3 atom stereocenters. The van der Waals surface area contributed by atoms with Crippen LogP contribution in [0.3, 0.4) is 0 Å². The van der Waals surface area contributed by atoms with Crippen molar-refractivity contribution in [1.29, 1.82) is 5.26 Å². The third-order valence-corrected chi connectivity index (χ3v) is 4.73. The van der Waals surface area contributed by atoms with E-state index in [1.54, 1.807) is 0 Å². The van der Waals surface area contributed by atoms with Crippen LogP contribution in [-0.2, 0) is 0 Å². The van der Waals surface area contributed by atoms with E-state index < -0.39 is 5.60 Å². The molecule has 2 fully saturated rings. The minimum Gasteiger partial charge on any atom is -0.374 e. The molecule has 72 valence electrons. The van der Waals surface area contributed by atoms with E-state index in [0.717, 1.165) is 12.8 Å². The van der Waals surface area contributed by atoms with Crippen molar-refractivity contribution < 1.29 is 5.11 Å². The average Bonchev–Trinajstić information content (AvgIpc) is 2.51. The van der Waals surface area contributed by atoms with Crippen molar-refractivity contribution in [3.05, 3.63) is 0 Å². The van der Waals surface area contributed by atoms with Crippen molar-refractivity contribution >= 4 is 0 Å². The van der Waals surface area contributed by atoms with Crippen LogP contribution < -0.4 is 0 Å². The summed E-state index contributed by atoms with van der Waals surface area (Å²) in [4.78, 5) is 0. The first-order valence-electron chi connectivity index (χ1n) is 5.01. The Morgan fingerprint density at radius 2 is 2.00 bits per heavy atom. The minimum atomic E-state index is -1.11.